The van der Waals surface area contributed by atoms with E-state index in [0.717, 1.165) is 11.5 Å². The summed E-state index contributed by atoms with van der Waals surface area (Å²) in [4.78, 5) is 25.4. The molecule has 0 saturated heterocycles. The van der Waals surface area contributed by atoms with Crippen molar-refractivity contribution in [3.63, 3.8) is 0 Å². The Kier molecular flexibility index (Phi) is 5.06. The molecule has 0 radical (unpaired) electrons. The van der Waals surface area contributed by atoms with Crippen molar-refractivity contribution in [2.45, 2.75) is 20.4 Å². The van der Waals surface area contributed by atoms with Gasteiger partial charge in [-0.05, 0) is 33.0 Å². The van der Waals surface area contributed by atoms with Crippen molar-refractivity contribution in [2.75, 3.05) is 18.9 Å². The highest BCUT2D eigenvalue weighted by Gasteiger charge is 2.12. The zero-order valence-electron chi connectivity index (χ0n) is 12.9. The average molecular weight is 301 g/mol. The molecule has 1 N–H and O–H groups in total. The molecule has 116 valence electrons. The van der Waals surface area contributed by atoms with Crippen molar-refractivity contribution in [3.05, 3.63) is 47.3 Å². The first-order chi connectivity index (χ1) is 10.5. The van der Waals surface area contributed by atoms with Gasteiger partial charge in [0.1, 0.15) is 5.76 Å². The summed E-state index contributed by atoms with van der Waals surface area (Å²) < 4.78 is 4.99. The van der Waals surface area contributed by atoms with Crippen molar-refractivity contribution in [3.8, 4) is 0 Å². The Balaban J connectivity index is 1.94. The number of likely N-dealkylation sites (N-methyl/N-ethyl adjacent to an activating group) is 1. The van der Waals surface area contributed by atoms with Crippen molar-refractivity contribution >= 4 is 17.4 Å². The molecule has 0 aliphatic rings. The molecule has 6 nitrogen and oxygen atoms in total. The minimum absolute atomic E-state index is 0.0812. The number of Topliss-reactive ketones (excluding diaryl/α,β-unsaturated/α-hetero) is 1. The van der Waals surface area contributed by atoms with Gasteiger partial charge in [-0.1, -0.05) is 17.3 Å². The van der Waals surface area contributed by atoms with Crippen LogP contribution >= 0.6 is 0 Å². The Labute approximate surface area is 129 Å². The molecule has 0 spiro atoms. The molecular weight excluding hydrogens is 282 g/mol. The predicted octanol–water partition coefficient (Wildman–Crippen LogP) is 2.26. The number of ketones is 1. The summed E-state index contributed by atoms with van der Waals surface area (Å²) in [5, 5.41) is 6.66. The van der Waals surface area contributed by atoms with E-state index in [9.17, 15) is 9.59 Å². The fourth-order valence-electron chi connectivity index (χ4n) is 2.16. The Morgan fingerprint density at radius 2 is 2.05 bits per heavy atom. The first-order valence-corrected chi connectivity index (χ1v) is 6.96. The number of carbonyl (C=O) groups is 2. The number of anilines is 1. The van der Waals surface area contributed by atoms with Crippen LogP contribution < -0.4 is 5.32 Å². The van der Waals surface area contributed by atoms with Gasteiger partial charge in [-0.2, -0.15) is 0 Å². The summed E-state index contributed by atoms with van der Waals surface area (Å²) in [6.45, 7) is 4.00. The van der Waals surface area contributed by atoms with E-state index >= 15 is 0 Å². The predicted molar refractivity (Wildman–Crippen MR) is 82.7 cm³/mol. The zero-order valence-corrected chi connectivity index (χ0v) is 12.9. The van der Waals surface area contributed by atoms with Gasteiger partial charge in [0.15, 0.2) is 5.78 Å². The highest BCUT2D eigenvalue weighted by molar-refractivity contribution is 6.04. The number of amides is 1. The fraction of sp³-hybridized carbons (Fsp3) is 0.312. The van der Waals surface area contributed by atoms with Crippen molar-refractivity contribution in [2.24, 2.45) is 0 Å². The smallest absolute Gasteiger partial charge is 0.238 e. The quantitative estimate of drug-likeness (QED) is 0.828. The minimum atomic E-state index is -0.184. The first kappa shape index (κ1) is 15.9. The number of aromatic nitrogens is 1. The van der Waals surface area contributed by atoms with Gasteiger partial charge < -0.3 is 9.84 Å². The number of carbonyl (C=O) groups excluding carboxylic acids is 2. The molecule has 0 fully saturated rings. The second-order valence-electron chi connectivity index (χ2n) is 5.25. The van der Waals surface area contributed by atoms with Crippen LogP contribution in [0.15, 0.2) is 34.9 Å². The summed E-state index contributed by atoms with van der Waals surface area (Å²) in [6, 6.07) is 8.80. The monoisotopic (exact) mass is 301 g/mol. The highest BCUT2D eigenvalue weighted by Crippen LogP contribution is 2.15. The van der Waals surface area contributed by atoms with Crippen molar-refractivity contribution in [1.29, 1.82) is 0 Å². The fourth-order valence-corrected chi connectivity index (χ4v) is 2.16. The maximum atomic E-state index is 12.1. The van der Waals surface area contributed by atoms with Gasteiger partial charge in [-0.15, -0.1) is 0 Å². The van der Waals surface area contributed by atoms with Crippen LogP contribution in [-0.4, -0.2) is 35.3 Å². The third-order valence-electron chi connectivity index (χ3n) is 3.10. The Hall–Kier alpha value is -2.47. The van der Waals surface area contributed by atoms with Crippen LogP contribution in [0.5, 0.6) is 0 Å². The van der Waals surface area contributed by atoms with E-state index in [1.54, 1.807) is 24.3 Å². The number of nitrogens with zero attached hydrogens (tertiary/aromatic N) is 2. The lowest BCUT2D eigenvalue weighted by Gasteiger charge is -2.15. The van der Waals surface area contributed by atoms with Crippen LogP contribution in [0.2, 0.25) is 0 Å². The van der Waals surface area contributed by atoms with Crippen LogP contribution in [-0.2, 0) is 11.3 Å². The van der Waals surface area contributed by atoms with Gasteiger partial charge in [0.2, 0.25) is 5.91 Å². The molecule has 0 atom stereocenters. The normalized spacial score (nSPS) is 10.7. The molecule has 1 heterocycles. The highest BCUT2D eigenvalue weighted by atomic mass is 16.5. The number of para-hydroxylation sites is 1. The van der Waals surface area contributed by atoms with E-state index in [0.29, 0.717) is 17.8 Å². The molecule has 0 bridgehead atoms. The molecule has 0 aliphatic heterocycles. The Bertz CT molecular complexity index is 679. The largest absolute Gasteiger partial charge is 0.361 e. The standard InChI is InChI=1S/C16H19N3O3/c1-11-8-13(18-22-11)9-19(3)10-16(21)17-15-7-5-4-6-14(15)12(2)20/h4-8H,9-10H2,1-3H3,(H,17,21). The number of benzene rings is 1. The Morgan fingerprint density at radius 3 is 2.68 bits per heavy atom. The van der Waals surface area contributed by atoms with E-state index in [-0.39, 0.29) is 18.2 Å². The van der Waals surface area contributed by atoms with Gasteiger partial charge in [0, 0.05) is 18.2 Å². The van der Waals surface area contributed by atoms with Gasteiger partial charge in [-0.3, -0.25) is 14.5 Å². The summed E-state index contributed by atoms with van der Waals surface area (Å²) in [5.41, 5.74) is 1.81. The summed E-state index contributed by atoms with van der Waals surface area (Å²) in [6.07, 6.45) is 0. The molecule has 6 heteroatoms. The van der Waals surface area contributed by atoms with E-state index in [1.165, 1.54) is 6.92 Å². The second kappa shape index (κ2) is 7.00. The maximum Gasteiger partial charge on any atom is 0.238 e. The number of rotatable bonds is 6. The third kappa shape index (κ3) is 4.26. The van der Waals surface area contributed by atoms with Gasteiger partial charge >= 0.3 is 0 Å². The maximum absolute atomic E-state index is 12.1. The molecule has 1 aromatic carbocycles. The zero-order chi connectivity index (χ0) is 16.1. The van der Waals surface area contributed by atoms with E-state index < -0.39 is 0 Å². The summed E-state index contributed by atoms with van der Waals surface area (Å²) in [5.74, 6) is 0.474. The lowest BCUT2D eigenvalue weighted by atomic mass is 10.1. The molecule has 0 aliphatic carbocycles. The number of aryl methyl sites for hydroxylation is 1. The van der Waals surface area contributed by atoms with Gasteiger partial charge in [0.05, 0.1) is 17.9 Å². The molecular formula is C16H19N3O3. The van der Waals surface area contributed by atoms with Gasteiger partial charge in [-0.25, -0.2) is 0 Å². The molecule has 0 saturated carbocycles. The number of nitrogens with one attached hydrogen (secondary N) is 1. The minimum Gasteiger partial charge on any atom is -0.361 e. The van der Waals surface area contributed by atoms with Crippen molar-refractivity contribution in [1.82, 2.24) is 10.1 Å². The van der Waals surface area contributed by atoms with E-state index in [4.69, 9.17) is 4.52 Å². The number of hydrogen-bond donors (Lipinski definition) is 1. The van der Waals surface area contributed by atoms with Crippen molar-refractivity contribution < 1.29 is 14.1 Å². The number of hydrogen-bond acceptors (Lipinski definition) is 5. The molecule has 0 unspecified atom stereocenters. The van der Waals surface area contributed by atoms with E-state index in [2.05, 4.69) is 10.5 Å². The van der Waals surface area contributed by atoms with Gasteiger partial charge in [0.25, 0.3) is 0 Å². The first-order valence-electron chi connectivity index (χ1n) is 6.96. The molecule has 2 aromatic rings. The molecule has 22 heavy (non-hydrogen) atoms. The van der Waals surface area contributed by atoms with Crippen LogP contribution in [0.3, 0.4) is 0 Å². The average Bonchev–Trinajstić information content (AvgIpc) is 2.83. The molecule has 1 amide bonds. The second-order valence-corrected chi connectivity index (χ2v) is 5.25. The topological polar surface area (TPSA) is 75.4 Å². The van der Waals surface area contributed by atoms with E-state index in [1.807, 2.05) is 24.9 Å². The third-order valence-corrected chi connectivity index (χ3v) is 3.10. The van der Waals surface area contributed by atoms with Crippen LogP contribution in [0.1, 0.15) is 28.7 Å². The van der Waals surface area contributed by atoms with Crippen LogP contribution in [0.4, 0.5) is 5.69 Å². The van der Waals surface area contributed by atoms with Crippen LogP contribution in [0, 0.1) is 6.92 Å². The van der Waals surface area contributed by atoms with Crippen LogP contribution in [0.25, 0.3) is 0 Å². The lowest BCUT2D eigenvalue weighted by Crippen LogP contribution is -2.30. The summed E-state index contributed by atoms with van der Waals surface area (Å²) in [7, 11) is 1.82. The lowest BCUT2D eigenvalue weighted by molar-refractivity contribution is -0.117. The summed E-state index contributed by atoms with van der Waals surface area (Å²) >= 11 is 0. The molecule has 1 aromatic heterocycles. The Morgan fingerprint density at radius 1 is 1.32 bits per heavy atom. The molecule has 2 rings (SSSR count). The SMILES string of the molecule is CC(=O)c1ccccc1NC(=O)CN(C)Cc1cc(C)on1.